The second-order valence-corrected chi connectivity index (χ2v) is 6.37. The number of methoxy groups -OCH3 is 1. The Morgan fingerprint density at radius 1 is 1.15 bits per heavy atom. The van der Waals surface area contributed by atoms with Crippen molar-refractivity contribution in [2.24, 2.45) is 10.3 Å². The van der Waals surface area contributed by atoms with Crippen LogP contribution in [0.3, 0.4) is 0 Å². The number of carbonyl (C=O) groups is 1. The molecule has 1 aromatic rings. The van der Waals surface area contributed by atoms with Gasteiger partial charge in [-0.3, -0.25) is 0 Å². The minimum atomic E-state index is -0.588. The molecule has 0 saturated carbocycles. The Kier molecular flexibility index (Phi) is 9.80. The molecule has 1 aliphatic heterocycles. The Bertz CT molecular complexity index is 718. The maximum absolute atomic E-state index is 11.9. The minimum absolute atomic E-state index is 0. The summed E-state index contributed by atoms with van der Waals surface area (Å²) in [5.41, 5.74) is 1.48. The van der Waals surface area contributed by atoms with E-state index < -0.39 is 11.6 Å². The third-order valence-electron chi connectivity index (χ3n) is 4.51. The van der Waals surface area contributed by atoms with Crippen LogP contribution in [0, 0.1) is 7.43 Å². The number of benzene rings is 1. The van der Waals surface area contributed by atoms with Crippen molar-refractivity contribution in [3.63, 3.8) is 0 Å². The van der Waals surface area contributed by atoms with Crippen LogP contribution in [0.4, 0.5) is 0 Å². The van der Waals surface area contributed by atoms with Gasteiger partial charge in [-0.1, -0.05) is 34.6 Å². The van der Waals surface area contributed by atoms with Gasteiger partial charge in [-0.25, -0.2) is 4.79 Å². The summed E-state index contributed by atoms with van der Waals surface area (Å²) in [4.78, 5) is 22.2. The number of rotatable bonds is 7. The van der Waals surface area contributed by atoms with Gasteiger partial charge in [0.05, 0.1) is 18.4 Å². The number of oxime groups is 2. The zero-order valence-corrected chi connectivity index (χ0v) is 19.9. The number of epoxide rings is 1. The van der Waals surface area contributed by atoms with Crippen molar-refractivity contribution in [1.29, 1.82) is 0 Å². The van der Waals surface area contributed by atoms with Gasteiger partial charge < -0.3 is 26.6 Å². The van der Waals surface area contributed by atoms with Crippen LogP contribution in [0.1, 0.15) is 38.8 Å². The van der Waals surface area contributed by atoms with Crippen LogP contribution in [-0.4, -0.2) is 42.8 Å². The Labute approximate surface area is 186 Å². The zero-order valence-electron chi connectivity index (χ0n) is 17.0. The number of hydrogen-bond acceptors (Lipinski definition) is 7. The smallest absolute Gasteiger partial charge is 0.360 e. The summed E-state index contributed by atoms with van der Waals surface area (Å²) in [6, 6.07) is 7.21. The van der Waals surface area contributed by atoms with Crippen LogP contribution in [0.2, 0.25) is 0 Å². The summed E-state index contributed by atoms with van der Waals surface area (Å²) in [7, 11) is 2.66. The fourth-order valence-electron chi connectivity index (χ4n) is 2.54. The van der Waals surface area contributed by atoms with E-state index in [9.17, 15) is 4.79 Å². The van der Waals surface area contributed by atoms with Gasteiger partial charge in [0.1, 0.15) is 19.3 Å². The molecule has 1 radical (unpaired) electrons. The molecule has 7 nitrogen and oxygen atoms in total. The average molecular weight is 452 g/mol. The van der Waals surface area contributed by atoms with Crippen LogP contribution < -0.4 is 0 Å². The van der Waals surface area contributed by atoms with Gasteiger partial charge in [0.25, 0.3) is 0 Å². The van der Waals surface area contributed by atoms with Crippen LogP contribution >= 0.6 is 0 Å². The first kappa shape index (κ1) is 25.7. The first-order chi connectivity index (χ1) is 11.8. The van der Waals surface area contributed by atoms with E-state index in [4.69, 9.17) is 19.1 Å². The molecule has 0 aliphatic carbocycles. The van der Waals surface area contributed by atoms with E-state index in [-0.39, 0.29) is 58.1 Å². The fourth-order valence-corrected chi connectivity index (χ4v) is 2.54. The topological polar surface area (TPSA) is 82.0 Å². The molecular weight excluding hydrogens is 425 g/mol. The van der Waals surface area contributed by atoms with Crippen molar-refractivity contribution in [3.8, 4) is 0 Å². The SMILES string of the molecule is CO/N=C(/C(=O)OC)c1ccccc1CO/N=C(\C)C1(C)OC1(C)C.[CH3-].[Y]. The summed E-state index contributed by atoms with van der Waals surface area (Å²) in [5.74, 6) is -0.588. The number of ether oxygens (including phenoxy) is 2. The number of esters is 1. The molecular formula is C19H27N2O5Y-. The predicted molar refractivity (Wildman–Crippen MR) is 99.9 cm³/mol. The van der Waals surface area contributed by atoms with Gasteiger partial charge in [0.2, 0.25) is 0 Å². The quantitative estimate of drug-likeness (QED) is 0.209. The van der Waals surface area contributed by atoms with Gasteiger partial charge in [-0.15, -0.1) is 0 Å². The molecule has 0 bridgehead atoms. The summed E-state index contributed by atoms with van der Waals surface area (Å²) in [5, 5.41) is 7.93. The minimum Gasteiger partial charge on any atom is -0.464 e. The summed E-state index contributed by atoms with van der Waals surface area (Å²) in [6.45, 7) is 8.02. The van der Waals surface area contributed by atoms with Gasteiger partial charge in [0, 0.05) is 43.8 Å². The Morgan fingerprint density at radius 3 is 2.26 bits per heavy atom. The van der Waals surface area contributed by atoms with Gasteiger partial charge >= 0.3 is 5.97 Å². The molecule has 0 amide bonds. The number of hydrogen-bond donors (Lipinski definition) is 0. The Hall–Kier alpha value is -1.31. The third kappa shape index (κ3) is 5.59. The van der Waals surface area contributed by atoms with Crippen molar-refractivity contribution in [1.82, 2.24) is 0 Å². The zero-order chi connectivity index (χ0) is 18.7. The average Bonchev–Trinajstić information content (AvgIpc) is 3.12. The van der Waals surface area contributed by atoms with Gasteiger partial charge in [-0.2, -0.15) is 0 Å². The van der Waals surface area contributed by atoms with E-state index >= 15 is 0 Å². The van der Waals surface area contributed by atoms with Crippen molar-refractivity contribution >= 4 is 17.4 Å². The van der Waals surface area contributed by atoms with E-state index in [0.717, 1.165) is 11.3 Å². The van der Waals surface area contributed by atoms with E-state index in [1.54, 1.807) is 12.1 Å². The molecule has 27 heavy (non-hydrogen) atoms. The van der Waals surface area contributed by atoms with E-state index in [1.165, 1.54) is 14.2 Å². The van der Waals surface area contributed by atoms with Crippen molar-refractivity contribution in [2.75, 3.05) is 14.2 Å². The molecule has 1 unspecified atom stereocenters. The molecule has 1 aromatic carbocycles. The predicted octanol–water partition coefficient (Wildman–Crippen LogP) is 3.12. The van der Waals surface area contributed by atoms with Crippen LogP contribution in [0.5, 0.6) is 0 Å². The molecule has 0 aromatic heterocycles. The van der Waals surface area contributed by atoms with E-state index in [1.807, 2.05) is 39.8 Å². The summed E-state index contributed by atoms with van der Waals surface area (Å²) in [6.07, 6.45) is 0. The standard InChI is InChI=1S/C18H24N2O5.CH3.Y/c1-12(18(4)17(2,3)25-18)19-24-11-13-9-7-8-10-14(13)15(20-23-6)16(21)22-5;;/h7-10H,11H2,1-6H3;1H3;/q;-1;/b19-12+,20-15+;;. The molecule has 1 heterocycles. The molecule has 1 fully saturated rings. The monoisotopic (exact) mass is 452 g/mol. The van der Waals surface area contributed by atoms with Crippen molar-refractivity contribution < 1.29 is 56.7 Å². The van der Waals surface area contributed by atoms with Gasteiger partial charge in [-0.05, 0) is 27.7 Å². The Balaban J connectivity index is 0.00000338. The largest absolute Gasteiger partial charge is 0.464 e. The molecule has 1 atom stereocenters. The maximum atomic E-state index is 11.9. The van der Waals surface area contributed by atoms with Crippen molar-refractivity contribution in [3.05, 3.63) is 42.8 Å². The fraction of sp³-hybridized carbons (Fsp3) is 0.474. The second kappa shape index (κ2) is 10.3. The van der Waals surface area contributed by atoms with E-state index in [2.05, 4.69) is 10.3 Å². The molecule has 1 aliphatic rings. The third-order valence-corrected chi connectivity index (χ3v) is 4.51. The van der Waals surface area contributed by atoms with Gasteiger partial charge in [0.15, 0.2) is 5.71 Å². The normalized spacial score (nSPS) is 20.7. The first-order valence-corrected chi connectivity index (χ1v) is 7.91. The molecule has 0 N–H and O–H groups in total. The second-order valence-electron chi connectivity index (χ2n) is 6.37. The number of carbonyl (C=O) groups excluding carboxylic acids is 1. The molecule has 2 rings (SSSR count). The molecule has 147 valence electrons. The van der Waals surface area contributed by atoms with Crippen LogP contribution in [0.25, 0.3) is 0 Å². The maximum Gasteiger partial charge on any atom is 0.360 e. The van der Waals surface area contributed by atoms with Crippen molar-refractivity contribution in [2.45, 2.75) is 45.5 Å². The van der Waals surface area contributed by atoms with Crippen LogP contribution in [0.15, 0.2) is 34.6 Å². The first-order valence-electron chi connectivity index (χ1n) is 7.91. The summed E-state index contributed by atoms with van der Waals surface area (Å²) >= 11 is 0. The Morgan fingerprint density at radius 2 is 1.74 bits per heavy atom. The molecule has 0 spiro atoms. The molecule has 1 saturated heterocycles. The number of nitrogens with zero attached hydrogens (tertiary/aromatic N) is 2. The van der Waals surface area contributed by atoms with Crippen LogP contribution in [-0.2, 0) is 63.3 Å². The van der Waals surface area contributed by atoms with E-state index in [0.29, 0.717) is 5.56 Å². The summed E-state index contributed by atoms with van der Waals surface area (Å²) < 4.78 is 10.4. The molecule has 8 heteroatoms.